The maximum Gasteiger partial charge on any atom is 0.416 e. The van der Waals surface area contributed by atoms with Crippen molar-refractivity contribution in [1.29, 1.82) is 0 Å². The lowest BCUT2D eigenvalue weighted by Crippen LogP contribution is -2.34. The lowest BCUT2D eigenvalue weighted by atomic mass is 9.92. The molecule has 2 aliphatic rings. The second-order valence-electron chi connectivity index (χ2n) is 6.61. The Morgan fingerprint density at radius 3 is 2.00 bits per heavy atom. The number of nitrogens with zero attached hydrogens (tertiary/aromatic N) is 1. The van der Waals surface area contributed by atoms with E-state index >= 15 is 0 Å². The third-order valence-electron chi connectivity index (χ3n) is 4.32. The van der Waals surface area contributed by atoms with Crippen LogP contribution in [0.2, 0.25) is 0 Å². The van der Waals surface area contributed by atoms with Crippen LogP contribution in [-0.4, -0.2) is 25.3 Å². The van der Waals surface area contributed by atoms with Gasteiger partial charge in [-0.05, 0) is 30.5 Å². The molecule has 0 saturated heterocycles. The van der Waals surface area contributed by atoms with Crippen molar-refractivity contribution in [3.8, 4) is 0 Å². The van der Waals surface area contributed by atoms with E-state index in [1.807, 2.05) is 0 Å². The van der Waals surface area contributed by atoms with Gasteiger partial charge in [-0.1, -0.05) is 19.1 Å². The maximum atomic E-state index is 13.0. The number of hydrogen-bond acceptors (Lipinski definition) is 5. The molecule has 0 fully saturated rings. The smallest absolute Gasteiger partial charge is 0.267 e. The number of hydroxylamine groups is 2. The minimum atomic E-state index is -5.40. The fraction of sp³-hybridized carbons (Fsp3) is 0.294. The zero-order valence-electron chi connectivity index (χ0n) is 14.8. The molecule has 0 radical (unpaired) electrons. The molecule has 0 N–H and O–H groups in total. The largest absolute Gasteiger partial charge is 0.416 e. The van der Waals surface area contributed by atoms with Crippen molar-refractivity contribution in [2.24, 2.45) is 5.92 Å². The van der Waals surface area contributed by atoms with Gasteiger partial charge in [0, 0.05) is 5.57 Å². The highest BCUT2D eigenvalue weighted by Gasteiger charge is 2.44. The summed E-state index contributed by atoms with van der Waals surface area (Å²) in [6.45, 7) is 1.71. The zero-order chi connectivity index (χ0) is 22.6. The second kappa shape index (κ2) is 6.94. The molecule has 1 aromatic carbocycles. The van der Waals surface area contributed by atoms with Crippen molar-refractivity contribution < 1.29 is 48.6 Å². The van der Waals surface area contributed by atoms with E-state index in [0.717, 1.165) is 0 Å². The Balaban J connectivity index is 2.00. The van der Waals surface area contributed by atoms with Crippen molar-refractivity contribution in [2.75, 3.05) is 0 Å². The number of amides is 2. The SMILES string of the molecule is CC1C=CC2=C(C1)C(=O)N(OS(=O)(=O)c1cc(C(F)(F)F)cc(C(F)(F)F)c1)C2=O. The average molecular weight is 455 g/mol. The highest BCUT2D eigenvalue weighted by atomic mass is 32.2. The van der Waals surface area contributed by atoms with Gasteiger partial charge < -0.3 is 0 Å². The standard InChI is InChI=1S/C17H11F6NO5S/c1-8-2-3-12-13(4-8)15(26)24(14(12)25)29-30(27,28)11-6-9(16(18,19)20)5-10(7-11)17(21,22)23/h2-3,5-8H,4H2,1H3. The van der Waals surface area contributed by atoms with Crippen LogP contribution in [0.25, 0.3) is 0 Å². The Labute approximate surface area is 165 Å². The van der Waals surface area contributed by atoms with Gasteiger partial charge >= 0.3 is 22.5 Å². The summed E-state index contributed by atoms with van der Waals surface area (Å²) < 4.78 is 107. The minimum Gasteiger partial charge on any atom is -0.267 e. The van der Waals surface area contributed by atoms with Gasteiger partial charge in [0.05, 0.1) is 21.6 Å². The maximum absolute atomic E-state index is 13.0. The summed E-state index contributed by atoms with van der Waals surface area (Å²) in [6.07, 6.45) is -7.67. The van der Waals surface area contributed by atoms with Crippen LogP contribution < -0.4 is 0 Å². The van der Waals surface area contributed by atoms with Gasteiger partial charge in [-0.15, -0.1) is 9.35 Å². The number of hydrogen-bond donors (Lipinski definition) is 0. The molecule has 1 aliphatic heterocycles. The number of carbonyl (C=O) groups excluding carboxylic acids is 2. The molecular weight excluding hydrogens is 444 g/mol. The summed E-state index contributed by atoms with van der Waals surface area (Å²) in [5.41, 5.74) is -4.01. The van der Waals surface area contributed by atoms with Crippen LogP contribution in [0.3, 0.4) is 0 Å². The highest BCUT2D eigenvalue weighted by Crippen LogP contribution is 2.38. The van der Waals surface area contributed by atoms with E-state index in [4.69, 9.17) is 0 Å². The third-order valence-corrected chi connectivity index (χ3v) is 5.48. The molecule has 30 heavy (non-hydrogen) atoms. The summed E-state index contributed by atoms with van der Waals surface area (Å²) in [6, 6.07) is -0.423. The van der Waals surface area contributed by atoms with E-state index in [-0.39, 0.29) is 46.7 Å². The average Bonchev–Trinajstić information content (AvgIpc) is 2.84. The summed E-state index contributed by atoms with van der Waals surface area (Å²) in [5.74, 6) is -2.50. The van der Waals surface area contributed by atoms with E-state index in [1.165, 1.54) is 6.08 Å². The fourth-order valence-electron chi connectivity index (χ4n) is 2.87. The Bertz CT molecular complexity index is 1070. The fourth-order valence-corrected chi connectivity index (χ4v) is 3.83. The molecule has 0 saturated carbocycles. The van der Waals surface area contributed by atoms with Gasteiger partial charge in [0.25, 0.3) is 11.8 Å². The van der Waals surface area contributed by atoms with Gasteiger partial charge in [-0.25, -0.2) is 0 Å². The van der Waals surface area contributed by atoms with E-state index < -0.39 is 50.3 Å². The van der Waals surface area contributed by atoms with Crippen LogP contribution >= 0.6 is 0 Å². The van der Waals surface area contributed by atoms with E-state index in [9.17, 15) is 44.3 Å². The molecule has 1 aromatic rings. The molecule has 6 nitrogen and oxygen atoms in total. The number of rotatable bonds is 3. The minimum absolute atomic E-state index is 0.0646. The first kappa shape index (κ1) is 22.0. The Morgan fingerprint density at radius 2 is 1.50 bits per heavy atom. The molecule has 1 heterocycles. The first-order valence-corrected chi connectivity index (χ1v) is 9.56. The van der Waals surface area contributed by atoms with Crippen LogP contribution in [0.4, 0.5) is 26.3 Å². The van der Waals surface area contributed by atoms with E-state index in [1.54, 1.807) is 13.0 Å². The summed E-state index contributed by atoms with van der Waals surface area (Å²) >= 11 is 0. The van der Waals surface area contributed by atoms with Crippen LogP contribution in [-0.2, 0) is 36.3 Å². The van der Waals surface area contributed by atoms with Crippen LogP contribution in [0.15, 0.2) is 46.4 Å². The molecule has 162 valence electrons. The molecule has 0 aromatic heterocycles. The van der Waals surface area contributed by atoms with Crippen molar-refractivity contribution in [2.45, 2.75) is 30.6 Å². The quantitative estimate of drug-likeness (QED) is 0.514. The van der Waals surface area contributed by atoms with Crippen LogP contribution in [0.1, 0.15) is 24.5 Å². The number of allylic oxidation sites excluding steroid dienone is 1. The van der Waals surface area contributed by atoms with Gasteiger partial charge in [-0.3, -0.25) is 9.59 Å². The summed E-state index contributed by atoms with van der Waals surface area (Å²) in [7, 11) is -5.40. The number of carbonyl (C=O) groups is 2. The molecule has 0 bridgehead atoms. The molecule has 0 spiro atoms. The van der Waals surface area contributed by atoms with E-state index in [0.29, 0.717) is 0 Å². The van der Waals surface area contributed by atoms with Crippen molar-refractivity contribution in [1.82, 2.24) is 5.06 Å². The number of halogens is 6. The Kier molecular flexibility index (Phi) is 5.10. The molecule has 1 unspecified atom stereocenters. The zero-order valence-corrected chi connectivity index (χ0v) is 15.7. The lowest BCUT2D eigenvalue weighted by Gasteiger charge is -2.17. The van der Waals surface area contributed by atoms with Crippen molar-refractivity contribution in [3.63, 3.8) is 0 Å². The monoisotopic (exact) mass is 455 g/mol. The lowest BCUT2D eigenvalue weighted by molar-refractivity contribution is -0.163. The van der Waals surface area contributed by atoms with Gasteiger partial charge in [0.15, 0.2) is 0 Å². The van der Waals surface area contributed by atoms with Crippen molar-refractivity contribution in [3.05, 3.63) is 52.6 Å². The number of benzene rings is 1. The third kappa shape index (κ3) is 3.99. The van der Waals surface area contributed by atoms with E-state index in [2.05, 4.69) is 4.28 Å². The topological polar surface area (TPSA) is 80.8 Å². The van der Waals surface area contributed by atoms with Gasteiger partial charge in [0.2, 0.25) is 0 Å². The molecule has 3 rings (SSSR count). The molecule has 13 heteroatoms. The Morgan fingerprint density at radius 1 is 0.967 bits per heavy atom. The highest BCUT2D eigenvalue weighted by molar-refractivity contribution is 7.86. The predicted molar refractivity (Wildman–Crippen MR) is 86.5 cm³/mol. The Hall–Kier alpha value is -2.67. The predicted octanol–water partition coefficient (Wildman–Crippen LogP) is 3.61. The number of alkyl halides is 6. The normalized spacial score (nSPS) is 20.2. The molecule has 1 aliphatic carbocycles. The molecule has 1 atom stereocenters. The summed E-state index contributed by atoms with van der Waals surface area (Å²) in [5, 5.41) is -0.185. The first-order valence-electron chi connectivity index (χ1n) is 8.15. The molecule has 2 amide bonds. The van der Waals surface area contributed by atoms with Gasteiger partial charge in [-0.2, -0.15) is 34.8 Å². The van der Waals surface area contributed by atoms with Crippen LogP contribution in [0, 0.1) is 5.92 Å². The van der Waals surface area contributed by atoms with Crippen LogP contribution in [0.5, 0.6) is 0 Å². The summed E-state index contributed by atoms with van der Waals surface area (Å²) in [4.78, 5) is 23.1. The molecular formula is C17H11F6NO5S. The number of imide groups is 1. The second-order valence-corrected chi connectivity index (χ2v) is 8.14. The van der Waals surface area contributed by atoms with Crippen molar-refractivity contribution >= 4 is 21.9 Å². The first-order chi connectivity index (χ1) is 13.6. The van der Waals surface area contributed by atoms with Gasteiger partial charge in [0.1, 0.15) is 0 Å².